The lowest BCUT2D eigenvalue weighted by molar-refractivity contribution is -0.117. The van der Waals surface area contributed by atoms with Crippen LogP contribution in [-0.4, -0.2) is 24.5 Å². The zero-order valence-electron chi connectivity index (χ0n) is 13.0. The first-order valence-corrected chi connectivity index (χ1v) is 8.14. The predicted octanol–water partition coefficient (Wildman–Crippen LogP) is 2.94. The quantitative estimate of drug-likeness (QED) is 0.896. The maximum absolute atomic E-state index is 12.1. The number of halogens is 1. The van der Waals surface area contributed by atoms with Crippen molar-refractivity contribution >= 4 is 29.2 Å². The molecule has 2 aromatic rings. The first-order valence-electron chi connectivity index (χ1n) is 7.76. The highest BCUT2D eigenvalue weighted by Crippen LogP contribution is 2.21. The topological polar surface area (TPSA) is 61.4 Å². The molecule has 3 amide bonds. The molecule has 0 spiro atoms. The SMILES string of the molecule is O=C(NCc1ccccc1Cl)N[C@H]1CC(=O)N(c2ccccc2)C1. The Morgan fingerprint density at radius 3 is 2.58 bits per heavy atom. The van der Waals surface area contributed by atoms with Crippen LogP contribution in [0.1, 0.15) is 12.0 Å². The van der Waals surface area contributed by atoms with Gasteiger partial charge in [0.1, 0.15) is 0 Å². The van der Waals surface area contributed by atoms with E-state index >= 15 is 0 Å². The van der Waals surface area contributed by atoms with Gasteiger partial charge in [-0.1, -0.05) is 48.0 Å². The van der Waals surface area contributed by atoms with Crippen molar-refractivity contribution in [1.82, 2.24) is 10.6 Å². The molecule has 1 saturated heterocycles. The van der Waals surface area contributed by atoms with Crippen molar-refractivity contribution in [2.45, 2.75) is 19.0 Å². The standard InChI is InChI=1S/C18H18ClN3O2/c19-16-9-5-4-6-13(16)11-20-18(24)21-14-10-17(23)22(12-14)15-7-2-1-3-8-15/h1-9,14H,10-12H2,(H2,20,21,24)/t14-/m0/s1. The van der Waals surface area contributed by atoms with E-state index in [1.54, 1.807) is 11.0 Å². The van der Waals surface area contributed by atoms with E-state index in [2.05, 4.69) is 10.6 Å². The van der Waals surface area contributed by atoms with Crippen LogP contribution in [0.3, 0.4) is 0 Å². The molecule has 124 valence electrons. The zero-order chi connectivity index (χ0) is 16.9. The van der Waals surface area contributed by atoms with Crippen LogP contribution in [0.5, 0.6) is 0 Å². The Kier molecular flexibility index (Phi) is 5.01. The fraction of sp³-hybridized carbons (Fsp3) is 0.222. The summed E-state index contributed by atoms with van der Waals surface area (Å²) in [6.07, 6.45) is 0.300. The number of carbonyl (C=O) groups is 2. The largest absolute Gasteiger partial charge is 0.334 e. The molecule has 1 heterocycles. The zero-order valence-corrected chi connectivity index (χ0v) is 13.8. The summed E-state index contributed by atoms with van der Waals surface area (Å²) in [5.41, 5.74) is 1.70. The van der Waals surface area contributed by atoms with E-state index in [-0.39, 0.29) is 18.0 Å². The van der Waals surface area contributed by atoms with Crippen LogP contribution < -0.4 is 15.5 Å². The Labute approximate surface area is 145 Å². The smallest absolute Gasteiger partial charge is 0.315 e. The number of para-hydroxylation sites is 1. The Morgan fingerprint density at radius 2 is 1.83 bits per heavy atom. The number of hydrogen-bond donors (Lipinski definition) is 2. The molecule has 0 bridgehead atoms. The molecule has 0 unspecified atom stereocenters. The second-order valence-electron chi connectivity index (χ2n) is 5.66. The third-order valence-electron chi connectivity index (χ3n) is 3.93. The van der Waals surface area contributed by atoms with Crippen LogP contribution in [-0.2, 0) is 11.3 Å². The number of benzene rings is 2. The van der Waals surface area contributed by atoms with Gasteiger partial charge in [-0.3, -0.25) is 4.79 Å². The van der Waals surface area contributed by atoms with Gasteiger partial charge < -0.3 is 15.5 Å². The van der Waals surface area contributed by atoms with Crippen LogP contribution in [0.25, 0.3) is 0 Å². The predicted molar refractivity (Wildman–Crippen MR) is 94.0 cm³/mol. The van der Waals surface area contributed by atoms with Crippen LogP contribution in [0.15, 0.2) is 54.6 Å². The maximum atomic E-state index is 12.1. The maximum Gasteiger partial charge on any atom is 0.315 e. The van der Waals surface area contributed by atoms with Crippen molar-refractivity contribution in [3.05, 3.63) is 65.2 Å². The van der Waals surface area contributed by atoms with Crippen molar-refractivity contribution in [2.24, 2.45) is 0 Å². The van der Waals surface area contributed by atoms with Gasteiger partial charge in [0, 0.05) is 30.2 Å². The number of nitrogens with one attached hydrogen (secondary N) is 2. The van der Waals surface area contributed by atoms with Gasteiger partial charge in [-0.25, -0.2) is 4.79 Å². The first-order chi connectivity index (χ1) is 11.6. The molecule has 0 aliphatic carbocycles. The van der Waals surface area contributed by atoms with Gasteiger partial charge in [0.05, 0.1) is 6.04 Å². The third kappa shape index (κ3) is 3.86. The Hall–Kier alpha value is -2.53. The average molecular weight is 344 g/mol. The van der Waals surface area contributed by atoms with Gasteiger partial charge in [-0.15, -0.1) is 0 Å². The molecule has 0 saturated carbocycles. The van der Waals surface area contributed by atoms with Crippen LogP contribution >= 0.6 is 11.6 Å². The molecular weight excluding hydrogens is 326 g/mol. The first kappa shape index (κ1) is 16.3. The van der Waals surface area contributed by atoms with Crippen LogP contribution in [0, 0.1) is 0 Å². The van der Waals surface area contributed by atoms with Crippen molar-refractivity contribution in [2.75, 3.05) is 11.4 Å². The molecule has 3 rings (SSSR count). The summed E-state index contributed by atoms with van der Waals surface area (Å²) >= 11 is 6.06. The molecular formula is C18H18ClN3O2. The van der Waals surface area contributed by atoms with Crippen molar-refractivity contribution < 1.29 is 9.59 Å². The van der Waals surface area contributed by atoms with E-state index in [0.717, 1.165) is 11.3 Å². The molecule has 1 aliphatic heterocycles. The molecule has 0 radical (unpaired) electrons. The minimum Gasteiger partial charge on any atom is -0.334 e. The summed E-state index contributed by atoms with van der Waals surface area (Å²) in [6.45, 7) is 0.816. The van der Waals surface area contributed by atoms with Gasteiger partial charge in [-0.2, -0.15) is 0 Å². The van der Waals surface area contributed by atoms with E-state index in [1.165, 1.54) is 0 Å². The Balaban J connectivity index is 1.52. The van der Waals surface area contributed by atoms with Gasteiger partial charge in [0.2, 0.25) is 5.91 Å². The lowest BCUT2D eigenvalue weighted by atomic mass is 10.2. The Bertz CT molecular complexity index is 736. The van der Waals surface area contributed by atoms with E-state index in [4.69, 9.17) is 11.6 Å². The summed E-state index contributed by atoms with van der Waals surface area (Å²) in [5.74, 6) is 0.0117. The van der Waals surface area contributed by atoms with Crippen molar-refractivity contribution in [3.63, 3.8) is 0 Å². The molecule has 1 aliphatic rings. The van der Waals surface area contributed by atoms with Gasteiger partial charge >= 0.3 is 6.03 Å². The van der Waals surface area contributed by atoms with Gasteiger partial charge in [-0.05, 0) is 23.8 Å². The van der Waals surface area contributed by atoms with E-state index in [0.29, 0.717) is 24.5 Å². The summed E-state index contributed by atoms with van der Waals surface area (Å²) < 4.78 is 0. The van der Waals surface area contributed by atoms with Crippen molar-refractivity contribution in [1.29, 1.82) is 0 Å². The minimum atomic E-state index is -0.303. The van der Waals surface area contributed by atoms with E-state index in [1.807, 2.05) is 48.5 Å². The molecule has 2 aromatic carbocycles. The number of hydrogen-bond acceptors (Lipinski definition) is 2. The molecule has 24 heavy (non-hydrogen) atoms. The molecule has 1 atom stereocenters. The highest BCUT2D eigenvalue weighted by Gasteiger charge is 2.31. The lowest BCUT2D eigenvalue weighted by Crippen LogP contribution is -2.43. The molecule has 6 heteroatoms. The number of nitrogens with zero attached hydrogens (tertiary/aromatic N) is 1. The third-order valence-corrected chi connectivity index (χ3v) is 4.29. The fourth-order valence-corrected chi connectivity index (χ4v) is 2.92. The molecule has 5 nitrogen and oxygen atoms in total. The number of rotatable bonds is 4. The van der Waals surface area contributed by atoms with E-state index < -0.39 is 0 Å². The van der Waals surface area contributed by atoms with Crippen LogP contribution in [0.2, 0.25) is 5.02 Å². The second kappa shape index (κ2) is 7.36. The average Bonchev–Trinajstić information content (AvgIpc) is 2.95. The highest BCUT2D eigenvalue weighted by atomic mass is 35.5. The van der Waals surface area contributed by atoms with Gasteiger partial charge in [0.15, 0.2) is 0 Å². The number of urea groups is 1. The van der Waals surface area contributed by atoms with Crippen molar-refractivity contribution in [3.8, 4) is 0 Å². The lowest BCUT2D eigenvalue weighted by Gasteiger charge is -2.17. The monoisotopic (exact) mass is 343 g/mol. The summed E-state index contributed by atoms with van der Waals surface area (Å²) in [4.78, 5) is 25.9. The summed E-state index contributed by atoms with van der Waals surface area (Å²) in [5, 5.41) is 6.23. The Morgan fingerprint density at radius 1 is 1.12 bits per heavy atom. The summed E-state index contributed by atoms with van der Waals surface area (Å²) in [6, 6.07) is 16.3. The normalized spacial score (nSPS) is 17.0. The fourth-order valence-electron chi connectivity index (χ4n) is 2.72. The van der Waals surface area contributed by atoms with E-state index in [9.17, 15) is 9.59 Å². The highest BCUT2D eigenvalue weighted by molar-refractivity contribution is 6.31. The second-order valence-corrected chi connectivity index (χ2v) is 6.07. The number of anilines is 1. The number of carbonyl (C=O) groups excluding carboxylic acids is 2. The summed E-state index contributed by atoms with van der Waals surface area (Å²) in [7, 11) is 0. The molecule has 1 fully saturated rings. The minimum absolute atomic E-state index is 0.0117. The molecule has 2 N–H and O–H groups in total. The van der Waals surface area contributed by atoms with Crippen LogP contribution in [0.4, 0.5) is 10.5 Å². The molecule has 0 aromatic heterocycles. The van der Waals surface area contributed by atoms with Gasteiger partial charge in [0.25, 0.3) is 0 Å². The number of amides is 3.